The number of nitrogens with zero attached hydrogens (tertiary/aromatic N) is 4. The first-order valence-corrected chi connectivity index (χ1v) is 13.8. The Labute approximate surface area is 213 Å². The van der Waals surface area contributed by atoms with Gasteiger partial charge in [0.25, 0.3) is 10.0 Å². The summed E-state index contributed by atoms with van der Waals surface area (Å²) >= 11 is 0.970. The van der Waals surface area contributed by atoms with E-state index in [2.05, 4.69) is 24.3 Å². The van der Waals surface area contributed by atoms with Gasteiger partial charge in [-0.3, -0.25) is 9.52 Å². The topological polar surface area (TPSA) is 109 Å². The van der Waals surface area contributed by atoms with E-state index in [4.69, 9.17) is 0 Å². The highest BCUT2D eigenvalue weighted by atomic mass is 32.2. The summed E-state index contributed by atoms with van der Waals surface area (Å²) in [6, 6.07) is 12.8. The molecule has 2 aromatic carbocycles. The van der Waals surface area contributed by atoms with Crippen molar-refractivity contribution in [3.05, 3.63) is 66.9 Å². The molecule has 0 radical (unpaired) electrons. The smallest absolute Gasteiger partial charge is 0.263 e. The van der Waals surface area contributed by atoms with Crippen LogP contribution in [0.4, 0.5) is 15.2 Å². The molecule has 0 unspecified atom stereocenters. The minimum absolute atomic E-state index is 0. The molecule has 1 aliphatic rings. The van der Waals surface area contributed by atoms with Gasteiger partial charge in [-0.1, -0.05) is 6.07 Å². The van der Waals surface area contributed by atoms with Crippen molar-refractivity contribution in [2.24, 2.45) is 0 Å². The number of fused-ring (bicyclic) bond motifs is 1. The Bertz CT molecular complexity index is 1470. The van der Waals surface area contributed by atoms with Crippen molar-refractivity contribution in [2.45, 2.75) is 36.7 Å². The second-order valence-electron chi connectivity index (χ2n) is 8.69. The Morgan fingerprint density at radius 2 is 1.92 bits per heavy atom. The molecule has 4 aromatic rings. The van der Waals surface area contributed by atoms with E-state index < -0.39 is 16.1 Å². The molecule has 36 heavy (non-hydrogen) atoms. The molecule has 12 heteroatoms. The SMILES string of the molecule is C[C@@H](C(=O)NC1CCN(c2ccc(S(=O)(=O)Nc3ncns3)cc2)CC1)n1ccc2c(F)cccc21.[HH]. The first-order chi connectivity index (χ1) is 17.3. The number of aromatic nitrogens is 3. The van der Waals surface area contributed by atoms with E-state index in [-0.39, 0.29) is 29.2 Å². The maximum atomic E-state index is 14.0. The highest BCUT2D eigenvalue weighted by Crippen LogP contribution is 2.25. The van der Waals surface area contributed by atoms with E-state index in [0.717, 1.165) is 43.2 Å². The normalized spacial score (nSPS) is 15.7. The summed E-state index contributed by atoms with van der Waals surface area (Å²) in [5, 5.41) is 3.85. The predicted molar refractivity (Wildman–Crippen MR) is 139 cm³/mol. The predicted octanol–water partition coefficient (Wildman–Crippen LogP) is 4.02. The lowest BCUT2D eigenvalue weighted by Gasteiger charge is -2.34. The Hall–Kier alpha value is -3.51. The molecule has 190 valence electrons. The lowest BCUT2D eigenvalue weighted by atomic mass is 10.0. The summed E-state index contributed by atoms with van der Waals surface area (Å²) in [6.07, 6.45) is 4.56. The van der Waals surface area contributed by atoms with Crippen molar-refractivity contribution in [2.75, 3.05) is 22.7 Å². The van der Waals surface area contributed by atoms with Crippen LogP contribution in [0.1, 0.15) is 27.2 Å². The summed E-state index contributed by atoms with van der Waals surface area (Å²) in [5.74, 6) is -0.405. The van der Waals surface area contributed by atoms with Crippen LogP contribution in [-0.4, -0.2) is 47.4 Å². The molecule has 9 nitrogen and oxygen atoms in total. The number of carbonyl (C=O) groups excluding carboxylic acids is 1. The van der Waals surface area contributed by atoms with E-state index in [1.165, 1.54) is 12.4 Å². The Morgan fingerprint density at radius 3 is 2.61 bits per heavy atom. The molecule has 0 bridgehead atoms. The van der Waals surface area contributed by atoms with Crippen LogP contribution >= 0.6 is 11.5 Å². The van der Waals surface area contributed by atoms with Gasteiger partial charge in [0.1, 0.15) is 18.2 Å². The molecular formula is C24H27FN6O3S2. The monoisotopic (exact) mass is 530 g/mol. The van der Waals surface area contributed by atoms with Crippen molar-refractivity contribution in [1.29, 1.82) is 0 Å². The third kappa shape index (κ3) is 4.91. The van der Waals surface area contributed by atoms with Crippen LogP contribution in [0.2, 0.25) is 0 Å². The molecule has 3 heterocycles. The van der Waals surface area contributed by atoms with Crippen LogP contribution in [0.15, 0.2) is 66.0 Å². The van der Waals surface area contributed by atoms with E-state index in [1.807, 2.05) is 13.0 Å². The number of rotatable bonds is 7. The summed E-state index contributed by atoms with van der Waals surface area (Å²) < 4.78 is 47.0. The van der Waals surface area contributed by atoms with Gasteiger partial charge in [-0.15, -0.1) is 0 Å². The molecule has 1 atom stereocenters. The molecule has 2 N–H and O–H groups in total. The van der Waals surface area contributed by atoms with Gasteiger partial charge >= 0.3 is 0 Å². The molecule has 2 aromatic heterocycles. The number of amides is 1. The number of sulfonamides is 1. The van der Waals surface area contributed by atoms with Crippen LogP contribution in [0.3, 0.4) is 0 Å². The summed E-state index contributed by atoms with van der Waals surface area (Å²) in [4.78, 5) is 19.1. The Morgan fingerprint density at radius 1 is 1.17 bits per heavy atom. The molecule has 1 fully saturated rings. The molecule has 0 saturated carbocycles. The summed E-state index contributed by atoms with van der Waals surface area (Å²) in [5.41, 5.74) is 1.61. The second-order valence-corrected chi connectivity index (χ2v) is 11.1. The number of benzene rings is 2. The number of halogens is 1. The first kappa shape index (κ1) is 24.2. The van der Waals surface area contributed by atoms with Gasteiger partial charge in [-0.05, 0) is 62.2 Å². The van der Waals surface area contributed by atoms with E-state index in [0.29, 0.717) is 10.9 Å². The minimum Gasteiger partial charge on any atom is -0.371 e. The van der Waals surface area contributed by atoms with Gasteiger partial charge in [0, 0.05) is 49.4 Å². The lowest BCUT2D eigenvalue weighted by Crippen LogP contribution is -2.46. The van der Waals surface area contributed by atoms with Gasteiger partial charge in [-0.2, -0.15) is 4.37 Å². The molecule has 0 spiro atoms. The third-order valence-corrected chi connectivity index (χ3v) is 8.51. The number of nitrogens with one attached hydrogen (secondary N) is 2. The molecule has 1 amide bonds. The van der Waals surface area contributed by atoms with Crippen LogP contribution in [-0.2, 0) is 14.8 Å². The van der Waals surface area contributed by atoms with Crippen molar-refractivity contribution in [1.82, 2.24) is 19.2 Å². The molecule has 5 rings (SSSR count). The van der Waals surface area contributed by atoms with E-state index >= 15 is 0 Å². The molecule has 0 aliphatic carbocycles. The van der Waals surface area contributed by atoms with Gasteiger partial charge in [0.05, 0.1) is 10.4 Å². The van der Waals surface area contributed by atoms with E-state index in [9.17, 15) is 17.6 Å². The fraction of sp³-hybridized carbons (Fsp3) is 0.292. The minimum atomic E-state index is -3.73. The number of carbonyl (C=O) groups is 1. The largest absolute Gasteiger partial charge is 0.371 e. The molecule has 1 aliphatic heterocycles. The van der Waals surface area contributed by atoms with Crippen LogP contribution in [0, 0.1) is 5.82 Å². The third-order valence-electron chi connectivity index (χ3n) is 6.44. The summed E-state index contributed by atoms with van der Waals surface area (Å²) in [6.45, 7) is 3.27. The second kappa shape index (κ2) is 9.86. The van der Waals surface area contributed by atoms with E-state index in [1.54, 1.807) is 47.2 Å². The first-order valence-electron chi connectivity index (χ1n) is 11.5. The number of hydrogen-bond acceptors (Lipinski definition) is 7. The van der Waals surface area contributed by atoms with Crippen LogP contribution in [0.25, 0.3) is 10.9 Å². The number of piperidine rings is 1. The number of anilines is 2. The number of hydrogen-bond donors (Lipinski definition) is 2. The van der Waals surface area contributed by atoms with Gasteiger partial charge in [0.2, 0.25) is 11.0 Å². The molecular weight excluding hydrogens is 503 g/mol. The fourth-order valence-electron chi connectivity index (χ4n) is 4.45. The maximum Gasteiger partial charge on any atom is 0.263 e. The maximum absolute atomic E-state index is 14.0. The van der Waals surface area contributed by atoms with Crippen LogP contribution in [0.5, 0.6) is 0 Å². The zero-order valence-electron chi connectivity index (χ0n) is 19.5. The highest BCUT2D eigenvalue weighted by molar-refractivity contribution is 7.93. The Kier molecular flexibility index (Phi) is 6.63. The zero-order valence-corrected chi connectivity index (χ0v) is 21.1. The average Bonchev–Trinajstić information content (AvgIpc) is 3.54. The van der Waals surface area contributed by atoms with Crippen molar-refractivity contribution in [3.8, 4) is 0 Å². The van der Waals surface area contributed by atoms with Gasteiger partial charge < -0.3 is 14.8 Å². The van der Waals surface area contributed by atoms with Gasteiger partial charge in [-0.25, -0.2) is 17.8 Å². The van der Waals surface area contributed by atoms with Crippen molar-refractivity contribution in [3.63, 3.8) is 0 Å². The van der Waals surface area contributed by atoms with Crippen LogP contribution < -0.4 is 14.9 Å². The molecule has 1 saturated heterocycles. The lowest BCUT2D eigenvalue weighted by molar-refractivity contribution is -0.124. The zero-order chi connectivity index (χ0) is 25.3. The summed E-state index contributed by atoms with van der Waals surface area (Å²) in [7, 11) is -3.73. The quantitative estimate of drug-likeness (QED) is 0.374. The average molecular weight is 531 g/mol. The standard InChI is InChI=1S/C24H25FN6O3S2.H2/c1-16(31-14-11-20-21(25)3-2-4-22(20)31)23(32)28-17-9-12-30(13-10-17)18-5-7-19(8-6-18)36(33,34)29-24-26-15-27-35-24;/h2-8,11,14-17H,9-10,12-13H2,1H3,(H,28,32)(H,26,27,29);1H/t16-;/m0./s1. The Balaban J connectivity index is 0.00000320. The van der Waals surface area contributed by atoms with Gasteiger partial charge in [0.15, 0.2) is 0 Å². The van der Waals surface area contributed by atoms with Crippen molar-refractivity contribution < 1.29 is 19.0 Å². The fourth-order valence-corrected chi connectivity index (χ4v) is 6.11. The highest BCUT2D eigenvalue weighted by Gasteiger charge is 2.25. The van der Waals surface area contributed by atoms with Crippen molar-refractivity contribution >= 4 is 49.2 Å².